The summed E-state index contributed by atoms with van der Waals surface area (Å²) in [5.41, 5.74) is 2.08. The minimum absolute atomic E-state index is 0.726. The van der Waals surface area contributed by atoms with Gasteiger partial charge in [0, 0.05) is 24.2 Å². The first kappa shape index (κ1) is 12.0. The smallest absolute Gasteiger partial charge is 0.0934 e. The molecule has 0 N–H and O–H groups in total. The van der Waals surface area contributed by atoms with Gasteiger partial charge in [0.15, 0.2) is 0 Å². The molecule has 3 heteroatoms. The molecule has 0 aliphatic carbocycles. The number of allylic oxidation sites excluding steroid dienone is 1. The van der Waals surface area contributed by atoms with Crippen molar-refractivity contribution in [1.82, 2.24) is 4.90 Å². The molecule has 2 nitrogen and oxygen atoms in total. The fraction of sp³-hybridized carbons (Fsp3) is 0.357. The van der Waals surface area contributed by atoms with Gasteiger partial charge in [-0.1, -0.05) is 23.7 Å². The Labute approximate surface area is 107 Å². The Bertz CT molecular complexity index is 436. The molecule has 0 amide bonds. The lowest BCUT2D eigenvalue weighted by Gasteiger charge is -2.30. The summed E-state index contributed by atoms with van der Waals surface area (Å²) in [7, 11) is 0. The van der Waals surface area contributed by atoms with Crippen molar-refractivity contribution in [3.8, 4) is 6.07 Å². The summed E-state index contributed by atoms with van der Waals surface area (Å²) in [5, 5.41) is 9.63. The van der Waals surface area contributed by atoms with Crippen LogP contribution in [0.5, 0.6) is 0 Å². The maximum atomic E-state index is 8.90. The number of benzene rings is 1. The lowest BCUT2D eigenvalue weighted by Crippen LogP contribution is -2.28. The molecule has 0 aromatic heterocycles. The summed E-state index contributed by atoms with van der Waals surface area (Å²) >= 11 is 5.88. The third-order valence-electron chi connectivity index (χ3n) is 3.04. The topological polar surface area (TPSA) is 27.0 Å². The van der Waals surface area contributed by atoms with E-state index in [1.807, 2.05) is 24.3 Å². The van der Waals surface area contributed by atoms with Gasteiger partial charge in [-0.05, 0) is 37.0 Å². The first-order valence-electron chi connectivity index (χ1n) is 5.92. The van der Waals surface area contributed by atoms with Gasteiger partial charge in [0.1, 0.15) is 0 Å². The average Bonchev–Trinajstić information content (AvgIpc) is 2.38. The lowest BCUT2D eigenvalue weighted by molar-refractivity contribution is 0.326. The van der Waals surface area contributed by atoms with E-state index in [-0.39, 0.29) is 0 Å². The molecule has 1 saturated heterocycles. The standard InChI is InChI=1S/C14H15ClN2/c15-13-6-4-12(5-7-13)14(8-9-16)17-10-2-1-3-11-17/h4-8H,1-3,10-11H2/b14-8-. The average molecular weight is 247 g/mol. The van der Waals surface area contributed by atoms with Crippen molar-refractivity contribution in [3.05, 3.63) is 40.9 Å². The van der Waals surface area contributed by atoms with Gasteiger partial charge in [-0.3, -0.25) is 0 Å². The van der Waals surface area contributed by atoms with Crippen LogP contribution in [0.25, 0.3) is 5.70 Å². The molecule has 0 radical (unpaired) electrons. The zero-order valence-electron chi connectivity index (χ0n) is 9.69. The molecule has 0 spiro atoms. The van der Waals surface area contributed by atoms with Crippen LogP contribution >= 0.6 is 11.6 Å². The number of hydrogen-bond donors (Lipinski definition) is 0. The fourth-order valence-corrected chi connectivity index (χ4v) is 2.30. The zero-order valence-corrected chi connectivity index (χ0v) is 10.5. The van der Waals surface area contributed by atoms with E-state index in [4.69, 9.17) is 16.9 Å². The molecular formula is C14H15ClN2. The third kappa shape index (κ3) is 3.01. The lowest BCUT2D eigenvalue weighted by atomic mass is 10.1. The molecule has 1 aromatic rings. The highest BCUT2D eigenvalue weighted by atomic mass is 35.5. The minimum atomic E-state index is 0.726. The van der Waals surface area contributed by atoms with E-state index in [0.717, 1.165) is 29.4 Å². The van der Waals surface area contributed by atoms with E-state index in [1.54, 1.807) is 6.08 Å². The molecular weight excluding hydrogens is 232 g/mol. The Kier molecular flexibility index (Phi) is 4.06. The quantitative estimate of drug-likeness (QED) is 0.745. The van der Waals surface area contributed by atoms with Crippen LogP contribution in [-0.4, -0.2) is 18.0 Å². The van der Waals surface area contributed by atoms with E-state index in [9.17, 15) is 0 Å². The maximum Gasteiger partial charge on any atom is 0.0934 e. The van der Waals surface area contributed by atoms with Gasteiger partial charge in [0.25, 0.3) is 0 Å². The number of piperidine rings is 1. The maximum absolute atomic E-state index is 8.90. The highest BCUT2D eigenvalue weighted by Crippen LogP contribution is 2.24. The highest BCUT2D eigenvalue weighted by molar-refractivity contribution is 6.30. The predicted molar refractivity (Wildman–Crippen MR) is 70.5 cm³/mol. The first-order chi connectivity index (χ1) is 8.31. The van der Waals surface area contributed by atoms with E-state index in [1.165, 1.54) is 19.3 Å². The van der Waals surface area contributed by atoms with Crippen LogP contribution in [0, 0.1) is 11.3 Å². The van der Waals surface area contributed by atoms with Crippen molar-refractivity contribution in [2.75, 3.05) is 13.1 Å². The van der Waals surface area contributed by atoms with Gasteiger partial charge in [0.2, 0.25) is 0 Å². The van der Waals surface area contributed by atoms with E-state index < -0.39 is 0 Å². The van der Waals surface area contributed by atoms with E-state index >= 15 is 0 Å². The van der Waals surface area contributed by atoms with Crippen molar-refractivity contribution in [1.29, 1.82) is 5.26 Å². The molecule has 1 aliphatic rings. The monoisotopic (exact) mass is 246 g/mol. The number of hydrogen-bond acceptors (Lipinski definition) is 2. The van der Waals surface area contributed by atoms with Crippen LogP contribution in [0.1, 0.15) is 24.8 Å². The highest BCUT2D eigenvalue weighted by Gasteiger charge is 2.14. The zero-order chi connectivity index (χ0) is 12.1. The Balaban J connectivity index is 2.26. The summed E-state index contributed by atoms with van der Waals surface area (Å²) in [6, 6.07) is 9.82. The van der Waals surface area contributed by atoms with Gasteiger partial charge in [-0.15, -0.1) is 0 Å². The summed E-state index contributed by atoms with van der Waals surface area (Å²) in [5.74, 6) is 0. The van der Waals surface area contributed by atoms with Crippen LogP contribution in [0.4, 0.5) is 0 Å². The molecule has 0 unspecified atom stereocenters. The molecule has 1 fully saturated rings. The SMILES string of the molecule is N#C/C=C(/c1ccc(Cl)cc1)N1CCCCC1. The predicted octanol–water partition coefficient (Wildman–Crippen LogP) is 3.69. The fourth-order valence-electron chi connectivity index (χ4n) is 2.17. The van der Waals surface area contributed by atoms with E-state index in [2.05, 4.69) is 11.0 Å². The van der Waals surface area contributed by atoms with Crippen molar-refractivity contribution in [2.24, 2.45) is 0 Å². The summed E-state index contributed by atoms with van der Waals surface area (Å²) < 4.78 is 0. The Hall–Kier alpha value is -1.46. The van der Waals surface area contributed by atoms with Gasteiger partial charge < -0.3 is 4.90 Å². The first-order valence-corrected chi connectivity index (χ1v) is 6.30. The molecule has 17 heavy (non-hydrogen) atoms. The van der Waals surface area contributed by atoms with Crippen molar-refractivity contribution in [3.63, 3.8) is 0 Å². The van der Waals surface area contributed by atoms with Gasteiger partial charge in [0.05, 0.1) is 11.8 Å². The summed E-state index contributed by atoms with van der Waals surface area (Å²) in [6.07, 6.45) is 5.33. The van der Waals surface area contributed by atoms with Crippen LogP contribution in [0.3, 0.4) is 0 Å². The molecule has 1 heterocycles. The number of nitriles is 1. The molecule has 0 atom stereocenters. The van der Waals surface area contributed by atoms with Crippen LogP contribution in [0.15, 0.2) is 30.3 Å². The normalized spacial score (nSPS) is 16.7. The number of halogens is 1. The summed E-state index contributed by atoms with van der Waals surface area (Å²) in [6.45, 7) is 2.08. The minimum Gasteiger partial charge on any atom is -0.370 e. The van der Waals surface area contributed by atoms with Crippen molar-refractivity contribution >= 4 is 17.3 Å². The van der Waals surface area contributed by atoms with Crippen LogP contribution in [0.2, 0.25) is 5.02 Å². The third-order valence-corrected chi connectivity index (χ3v) is 3.29. The summed E-state index contributed by atoms with van der Waals surface area (Å²) in [4.78, 5) is 2.29. The molecule has 1 aliphatic heterocycles. The second-order valence-electron chi connectivity index (χ2n) is 4.21. The van der Waals surface area contributed by atoms with Crippen molar-refractivity contribution < 1.29 is 0 Å². The van der Waals surface area contributed by atoms with Gasteiger partial charge in [-0.2, -0.15) is 5.26 Å². The number of likely N-dealkylation sites (tertiary alicyclic amines) is 1. The molecule has 0 saturated carbocycles. The second-order valence-corrected chi connectivity index (χ2v) is 4.65. The van der Waals surface area contributed by atoms with Gasteiger partial charge >= 0.3 is 0 Å². The number of nitrogens with zero attached hydrogens (tertiary/aromatic N) is 2. The molecule has 2 rings (SSSR count). The Morgan fingerprint density at radius 1 is 1.18 bits per heavy atom. The van der Waals surface area contributed by atoms with Crippen molar-refractivity contribution in [2.45, 2.75) is 19.3 Å². The van der Waals surface area contributed by atoms with Crippen LogP contribution < -0.4 is 0 Å². The molecule has 88 valence electrons. The van der Waals surface area contributed by atoms with Crippen LogP contribution in [-0.2, 0) is 0 Å². The molecule has 0 bridgehead atoms. The second kappa shape index (κ2) is 5.75. The van der Waals surface area contributed by atoms with Gasteiger partial charge in [-0.25, -0.2) is 0 Å². The molecule has 1 aromatic carbocycles. The largest absolute Gasteiger partial charge is 0.370 e. The Morgan fingerprint density at radius 3 is 2.41 bits per heavy atom. The Morgan fingerprint density at radius 2 is 1.82 bits per heavy atom. The van der Waals surface area contributed by atoms with E-state index in [0.29, 0.717) is 0 Å². The number of rotatable bonds is 2.